The number of anilines is 1. The number of benzene rings is 2. The normalized spacial score (nSPS) is 20.0. The first-order chi connectivity index (χ1) is 16.3. The van der Waals surface area contributed by atoms with Gasteiger partial charge in [0.15, 0.2) is 17.6 Å². The van der Waals surface area contributed by atoms with Gasteiger partial charge in [-0.05, 0) is 73.9 Å². The molecule has 5 nitrogen and oxygen atoms in total. The van der Waals surface area contributed by atoms with Gasteiger partial charge in [0.1, 0.15) is 6.10 Å². The lowest BCUT2D eigenvalue weighted by atomic mass is 9.75. The van der Waals surface area contributed by atoms with Crippen LogP contribution in [0.15, 0.2) is 48.5 Å². The molecule has 0 N–H and O–H groups in total. The van der Waals surface area contributed by atoms with Gasteiger partial charge in [0.2, 0.25) is 0 Å². The van der Waals surface area contributed by atoms with Gasteiger partial charge in [-0.15, -0.1) is 0 Å². The van der Waals surface area contributed by atoms with Crippen LogP contribution in [0.3, 0.4) is 0 Å². The molecule has 1 unspecified atom stereocenters. The lowest BCUT2D eigenvalue weighted by molar-refractivity contribution is -0.649. The van der Waals surface area contributed by atoms with E-state index in [0.717, 1.165) is 47.5 Å². The molecule has 3 aromatic rings. The van der Waals surface area contributed by atoms with Crippen LogP contribution in [-0.2, 0) is 22.6 Å². The number of carbonyl (C=O) groups is 1. The summed E-state index contributed by atoms with van der Waals surface area (Å²) >= 11 is 0. The molecular formula is C29H40IN3O2. The summed E-state index contributed by atoms with van der Waals surface area (Å²) in [6.07, 6.45) is 3.35. The summed E-state index contributed by atoms with van der Waals surface area (Å²) in [5.74, 6) is 2.47. The number of aryl methyl sites for hydroxylation is 1. The smallest absolute Gasteiger partial charge is 0.348 e. The predicted molar refractivity (Wildman–Crippen MR) is 139 cm³/mol. The van der Waals surface area contributed by atoms with E-state index in [-0.39, 0.29) is 42.6 Å². The van der Waals surface area contributed by atoms with Gasteiger partial charge in [-0.1, -0.05) is 39.3 Å². The number of halogens is 1. The van der Waals surface area contributed by atoms with Crippen molar-refractivity contribution in [2.45, 2.75) is 66.2 Å². The summed E-state index contributed by atoms with van der Waals surface area (Å²) in [5.41, 5.74) is 4.45. The Kier molecular flexibility index (Phi) is 9.24. The Morgan fingerprint density at radius 2 is 1.80 bits per heavy atom. The molecule has 1 heterocycles. The number of hydrogen-bond donors (Lipinski definition) is 0. The molecule has 6 heteroatoms. The molecule has 3 atom stereocenters. The molecule has 0 bridgehead atoms. The van der Waals surface area contributed by atoms with Crippen LogP contribution in [-0.4, -0.2) is 30.7 Å². The van der Waals surface area contributed by atoms with Crippen LogP contribution < -0.4 is 33.4 Å². The van der Waals surface area contributed by atoms with E-state index in [2.05, 4.69) is 84.2 Å². The molecule has 0 radical (unpaired) electrons. The van der Waals surface area contributed by atoms with Crippen molar-refractivity contribution in [1.82, 2.24) is 4.57 Å². The van der Waals surface area contributed by atoms with E-state index in [1.54, 1.807) is 0 Å². The Bertz CT molecular complexity index is 1140. The molecule has 35 heavy (non-hydrogen) atoms. The quantitative estimate of drug-likeness (QED) is 0.242. The molecule has 4 rings (SSSR count). The Hall–Kier alpha value is -2.09. The number of hydrogen-bond acceptors (Lipinski definition) is 3. The van der Waals surface area contributed by atoms with E-state index in [9.17, 15) is 4.79 Å². The number of para-hydroxylation sites is 2. The number of carbonyl (C=O) groups excluding carboxylic acids is 1. The molecule has 1 aliphatic rings. The summed E-state index contributed by atoms with van der Waals surface area (Å²) in [6, 6.07) is 16.9. The molecule has 0 spiro atoms. The van der Waals surface area contributed by atoms with Gasteiger partial charge in [0.05, 0.1) is 12.1 Å². The Morgan fingerprint density at radius 1 is 1.11 bits per heavy atom. The van der Waals surface area contributed by atoms with E-state index >= 15 is 0 Å². The van der Waals surface area contributed by atoms with Crippen molar-refractivity contribution in [1.29, 1.82) is 0 Å². The van der Waals surface area contributed by atoms with Crippen molar-refractivity contribution in [2.24, 2.45) is 17.8 Å². The summed E-state index contributed by atoms with van der Waals surface area (Å²) in [4.78, 5) is 15.5. The van der Waals surface area contributed by atoms with Crippen LogP contribution in [0, 0.1) is 17.8 Å². The second kappa shape index (κ2) is 11.8. The molecule has 2 aromatic carbocycles. The summed E-state index contributed by atoms with van der Waals surface area (Å²) < 4.78 is 10.6. The molecule has 0 amide bonds. The second-order valence-corrected chi connectivity index (χ2v) is 10.4. The van der Waals surface area contributed by atoms with E-state index in [1.165, 1.54) is 6.42 Å². The highest BCUT2D eigenvalue weighted by atomic mass is 127. The standard InChI is InChI=1S/C29H40N3O2.HI/c1-7-31-25-10-8-9-11-26(25)32(29(31)22-13-15-23(16-14-22)30(5)6)19-28(33)34-27-18-21(4)12-17-24(27)20(2)3;/h8-11,13-16,20-21,24,27H,7,12,17-19H2,1-6H3;1H/q+1;/p-1/t21-,24+,27?;/m1./s1. The number of rotatable bonds is 7. The van der Waals surface area contributed by atoms with Gasteiger partial charge < -0.3 is 33.6 Å². The molecule has 0 aliphatic heterocycles. The number of fused-ring (bicyclic) bond motifs is 1. The fourth-order valence-corrected chi connectivity index (χ4v) is 5.58. The van der Waals surface area contributed by atoms with E-state index in [1.807, 2.05) is 20.2 Å². The number of esters is 1. The van der Waals surface area contributed by atoms with Gasteiger partial charge in [-0.2, -0.15) is 0 Å². The fraction of sp³-hybridized carbons (Fsp3) is 0.517. The van der Waals surface area contributed by atoms with Crippen LogP contribution in [0.25, 0.3) is 22.4 Å². The first-order valence-electron chi connectivity index (χ1n) is 12.8. The van der Waals surface area contributed by atoms with Crippen LogP contribution in [0.2, 0.25) is 0 Å². The zero-order chi connectivity index (χ0) is 24.4. The highest BCUT2D eigenvalue weighted by molar-refractivity contribution is 5.77. The van der Waals surface area contributed by atoms with E-state index in [0.29, 0.717) is 17.8 Å². The Morgan fingerprint density at radius 3 is 2.43 bits per heavy atom. The van der Waals surface area contributed by atoms with Gasteiger partial charge in [0.25, 0.3) is 5.82 Å². The third kappa shape index (κ3) is 5.84. The maximum absolute atomic E-state index is 13.4. The third-order valence-corrected chi connectivity index (χ3v) is 7.46. The molecule has 1 aromatic heterocycles. The fourth-order valence-electron chi connectivity index (χ4n) is 5.58. The van der Waals surface area contributed by atoms with Gasteiger partial charge >= 0.3 is 5.97 Å². The zero-order valence-corrected chi connectivity index (χ0v) is 24.2. The lowest BCUT2D eigenvalue weighted by Crippen LogP contribution is -3.00. The third-order valence-electron chi connectivity index (χ3n) is 7.46. The van der Waals surface area contributed by atoms with Crippen molar-refractivity contribution >= 4 is 22.7 Å². The zero-order valence-electron chi connectivity index (χ0n) is 22.0. The van der Waals surface area contributed by atoms with Gasteiger partial charge in [-0.25, -0.2) is 13.9 Å². The minimum absolute atomic E-state index is 0. The lowest BCUT2D eigenvalue weighted by Gasteiger charge is -2.36. The number of nitrogens with zero attached hydrogens (tertiary/aromatic N) is 3. The molecule has 1 saturated carbocycles. The van der Waals surface area contributed by atoms with Crippen molar-refractivity contribution in [3.05, 3.63) is 48.5 Å². The summed E-state index contributed by atoms with van der Waals surface area (Å²) in [6.45, 7) is 9.97. The molecule has 1 aliphatic carbocycles. The van der Waals surface area contributed by atoms with Gasteiger partial charge in [0, 0.05) is 19.8 Å². The van der Waals surface area contributed by atoms with Crippen LogP contribution >= 0.6 is 0 Å². The van der Waals surface area contributed by atoms with Crippen molar-refractivity contribution < 1.29 is 38.1 Å². The topological polar surface area (TPSA) is 38.4 Å². The second-order valence-electron chi connectivity index (χ2n) is 10.4. The monoisotopic (exact) mass is 589 g/mol. The largest absolute Gasteiger partial charge is 1.00 e. The highest BCUT2D eigenvalue weighted by Gasteiger charge is 2.35. The maximum Gasteiger partial charge on any atom is 0.348 e. The summed E-state index contributed by atoms with van der Waals surface area (Å²) in [7, 11) is 4.09. The number of aromatic nitrogens is 2. The molecular weight excluding hydrogens is 549 g/mol. The summed E-state index contributed by atoms with van der Waals surface area (Å²) in [5, 5.41) is 0. The average molecular weight is 590 g/mol. The van der Waals surface area contributed by atoms with Crippen molar-refractivity contribution in [3.8, 4) is 11.4 Å². The average Bonchev–Trinajstić information content (AvgIpc) is 3.12. The minimum Gasteiger partial charge on any atom is -1.00 e. The Labute approximate surface area is 227 Å². The molecule has 0 saturated heterocycles. The number of ether oxygens (including phenoxy) is 1. The van der Waals surface area contributed by atoms with Crippen LogP contribution in [0.5, 0.6) is 0 Å². The SMILES string of the molecule is CCn1c(-c2ccc(N(C)C)cc2)[n+](CC(=O)OC2C[C@H](C)CC[C@H]2C(C)C)c2ccccc21.[I-]. The van der Waals surface area contributed by atoms with Crippen molar-refractivity contribution in [2.75, 3.05) is 19.0 Å². The minimum atomic E-state index is -0.139. The van der Waals surface area contributed by atoms with Gasteiger partial charge in [-0.3, -0.25) is 0 Å². The Balaban J connectivity index is 0.00000342. The predicted octanol–water partition coefficient (Wildman–Crippen LogP) is 2.69. The number of imidazole rings is 1. The van der Waals surface area contributed by atoms with Crippen LogP contribution in [0.1, 0.15) is 47.0 Å². The van der Waals surface area contributed by atoms with Crippen LogP contribution in [0.4, 0.5) is 5.69 Å². The first-order valence-corrected chi connectivity index (χ1v) is 12.8. The molecule has 1 fully saturated rings. The first kappa shape index (κ1) is 27.5. The van der Waals surface area contributed by atoms with Crippen molar-refractivity contribution in [3.63, 3.8) is 0 Å². The van der Waals surface area contributed by atoms with E-state index in [4.69, 9.17) is 4.74 Å². The molecule has 190 valence electrons. The maximum atomic E-state index is 13.4. The highest BCUT2D eigenvalue weighted by Crippen LogP contribution is 2.35. The van der Waals surface area contributed by atoms with E-state index < -0.39 is 0 Å².